The second-order valence-corrected chi connectivity index (χ2v) is 4.11. The SMILES string of the molecule is COC(=O)c1ccnc(NC2CC(=O)N(C)C2=O)c1. The zero-order valence-electron chi connectivity index (χ0n) is 10.5. The summed E-state index contributed by atoms with van der Waals surface area (Å²) < 4.78 is 4.59. The van der Waals surface area contributed by atoms with Gasteiger partial charge in [0, 0.05) is 13.2 Å². The number of amides is 2. The first-order valence-corrected chi connectivity index (χ1v) is 5.64. The molecule has 0 bridgehead atoms. The van der Waals surface area contributed by atoms with Gasteiger partial charge >= 0.3 is 5.97 Å². The van der Waals surface area contributed by atoms with E-state index < -0.39 is 12.0 Å². The van der Waals surface area contributed by atoms with Crippen LogP contribution in [0, 0.1) is 0 Å². The van der Waals surface area contributed by atoms with Gasteiger partial charge in [0.2, 0.25) is 5.91 Å². The summed E-state index contributed by atoms with van der Waals surface area (Å²) in [7, 11) is 2.72. The van der Waals surface area contributed by atoms with Crippen molar-refractivity contribution in [1.29, 1.82) is 0 Å². The highest BCUT2D eigenvalue weighted by Crippen LogP contribution is 2.16. The Morgan fingerprint density at radius 3 is 2.84 bits per heavy atom. The van der Waals surface area contributed by atoms with Crippen molar-refractivity contribution in [2.75, 3.05) is 19.5 Å². The van der Waals surface area contributed by atoms with Crippen molar-refractivity contribution in [2.45, 2.75) is 12.5 Å². The van der Waals surface area contributed by atoms with Gasteiger partial charge in [-0.2, -0.15) is 0 Å². The number of methoxy groups -OCH3 is 1. The van der Waals surface area contributed by atoms with Crippen LogP contribution in [0.25, 0.3) is 0 Å². The second kappa shape index (κ2) is 5.05. The van der Waals surface area contributed by atoms with Crippen LogP contribution in [0.2, 0.25) is 0 Å². The number of imide groups is 1. The van der Waals surface area contributed by atoms with E-state index in [0.29, 0.717) is 11.4 Å². The summed E-state index contributed by atoms with van der Waals surface area (Å²) in [5, 5.41) is 2.84. The van der Waals surface area contributed by atoms with Crippen LogP contribution < -0.4 is 5.32 Å². The summed E-state index contributed by atoms with van der Waals surface area (Å²) in [6.07, 6.45) is 1.51. The van der Waals surface area contributed by atoms with Crippen molar-refractivity contribution in [2.24, 2.45) is 0 Å². The van der Waals surface area contributed by atoms with Crippen molar-refractivity contribution in [3.8, 4) is 0 Å². The van der Waals surface area contributed by atoms with E-state index >= 15 is 0 Å². The molecule has 1 atom stereocenters. The maximum Gasteiger partial charge on any atom is 0.338 e. The molecule has 0 aromatic carbocycles. The van der Waals surface area contributed by atoms with E-state index in [4.69, 9.17) is 0 Å². The van der Waals surface area contributed by atoms with Crippen molar-refractivity contribution in [1.82, 2.24) is 9.88 Å². The lowest BCUT2D eigenvalue weighted by atomic mass is 10.2. The Morgan fingerprint density at radius 2 is 2.26 bits per heavy atom. The summed E-state index contributed by atoms with van der Waals surface area (Å²) >= 11 is 0. The number of hydrogen-bond donors (Lipinski definition) is 1. The van der Waals surface area contributed by atoms with E-state index in [-0.39, 0.29) is 18.2 Å². The fraction of sp³-hybridized carbons (Fsp3) is 0.333. The zero-order chi connectivity index (χ0) is 14.0. The number of carbonyl (C=O) groups is 3. The fourth-order valence-corrected chi connectivity index (χ4v) is 1.80. The highest BCUT2D eigenvalue weighted by atomic mass is 16.5. The third-order valence-electron chi connectivity index (χ3n) is 2.88. The summed E-state index contributed by atoms with van der Waals surface area (Å²) in [6, 6.07) is 2.34. The Bertz CT molecular complexity index is 544. The third-order valence-corrected chi connectivity index (χ3v) is 2.88. The molecule has 19 heavy (non-hydrogen) atoms. The number of likely N-dealkylation sites (tertiary alicyclic amines) is 1. The van der Waals surface area contributed by atoms with Crippen molar-refractivity contribution in [3.63, 3.8) is 0 Å². The maximum atomic E-state index is 11.7. The number of ether oxygens (including phenoxy) is 1. The molecule has 7 nitrogen and oxygen atoms in total. The Balaban J connectivity index is 2.14. The van der Waals surface area contributed by atoms with E-state index in [1.807, 2.05) is 0 Å². The molecule has 1 fully saturated rings. The summed E-state index contributed by atoms with van der Waals surface area (Å²) in [4.78, 5) is 39.5. The number of esters is 1. The molecule has 1 aliphatic heterocycles. The molecule has 0 aliphatic carbocycles. The first-order valence-electron chi connectivity index (χ1n) is 5.64. The van der Waals surface area contributed by atoms with Crippen LogP contribution in [0.3, 0.4) is 0 Å². The van der Waals surface area contributed by atoms with Gasteiger partial charge in [0.25, 0.3) is 5.91 Å². The molecule has 100 valence electrons. The summed E-state index contributed by atoms with van der Waals surface area (Å²) in [6.45, 7) is 0. The van der Waals surface area contributed by atoms with E-state index in [1.54, 1.807) is 0 Å². The van der Waals surface area contributed by atoms with Crippen molar-refractivity contribution >= 4 is 23.6 Å². The topological polar surface area (TPSA) is 88.6 Å². The Kier molecular flexibility index (Phi) is 3.46. The smallest absolute Gasteiger partial charge is 0.338 e. The van der Waals surface area contributed by atoms with E-state index in [2.05, 4.69) is 15.0 Å². The van der Waals surface area contributed by atoms with Gasteiger partial charge in [-0.1, -0.05) is 0 Å². The minimum Gasteiger partial charge on any atom is -0.465 e. The number of nitrogens with one attached hydrogen (secondary N) is 1. The van der Waals surface area contributed by atoms with Crippen LogP contribution in [0.4, 0.5) is 5.82 Å². The number of aromatic nitrogens is 1. The molecular formula is C12H13N3O4. The normalized spacial score (nSPS) is 18.6. The van der Waals surface area contributed by atoms with Crippen LogP contribution in [-0.4, -0.2) is 47.9 Å². The average Bonchev–Trinajstić information content (AvgIpc) is 2.66. The van der Waals surface area contributed by atoms with Gasteiger partial charge in [-0.3, -0.25) is 14.5 Å². The molecule has 0 radical (unpaired) electrons. The Morgan fingerprint density at radius 1 is 1.53 bits per heavy atom. The molecule has 2 heterocycles. The molecular weight excluding hydrogens is 250 g/mol. The number of carbonyl (C=O) groups excluding carboxylic acids is 3. The van der Waals surface area contributed by atoms with Gasteiger partial charge in [-0.25, -0.2) is 9.78 Å². The van der Waals surface area contributed by atoms with Gasteiger partial charge in [-0.15, -0.1) is 0 Å². The minimum absolute atomic E-state index is 0.0828. The molecule has 1 aliphatic rings. The first-order chi connectivity index (χ1) is 9.02. The minimum atomic E-state index is -0.641. The fourth-order valence-electron chi connectivity index (χ4n) is 1.80. The zero-order valence-corrected chi connectivity index (χ0v) is 10.5. The molecule has 1 N–H and O–H groups in total. The summed E-state index contributed by atoms with van der Waals surface area (Å²) in [5.41, 5.74) is 0.324. The predicted molar refractivity (Wildman–Crippen MR) is 65.4 cm³/mol. The lowest BCUT2D eigenvalue weighted by Crippen LogP contribution is -2.32. The van der Waals surface area contributed by atoms with Gasteiger partial charge in [-0.05, 0) is 12.1 Å². The molecule has 7 heteroatoms. The first kappa shape index (κ1) is 13.0. The number of pyridine rings is 1. The summed E-state index contributed by atoms with van der Waals surface area (Å²) in [5.74, 6) is -0.692. The Labute approximate surface area is 109 Å². The van der Waals surface area contributed by atoms with Gasteiger partial charge in [0.15, 0.2) is 0 Å². The molecule has 2 rings (SSSR count). The monoisotopic (exact) mass is 263 g/mol. The van der Waals surface area contributed by atoms with Gasteiger partial charge < -0.3 is 10.1 Å². The van der Waals surface area contributed by atoms with E-state index in [9.17, 15) is 14.4 Å². The van der Waals surface area contributed by atoms with Crippen molar-refractivity contribution in [3.05, 3.63) is 23.9 Å². The average molecular weight is 263 g/mol. The highest BCUT2D eigenvalue weighted by Gasteiger charge is 2.36. The van der Waals surface area contributed by atoms with Crippen LogP contribution in [-0.2, 0) is 14.3 Å². The quantitative estimate of drug-likeness (QED) is 0.611. The van der Waals surface area contributed by atoms with Crippen LogP contribution in [0.1, 0.15) is 16.8 Å². The molecule has 0 saturated carbocycles. The Hall–Kier alpha value is -2.44. The lowest BCUT2D eigenvalue weighted by Gasteiger charge is -2.11. The maximum absolute atomic E-state index is 11.7. The predicted octanol–water partition coefficient (Wildman–Crippen LogP) is 0.0374. The van der Waals surface area contributed by atoms with Gasteiger partial charge in [0.1, 0.15) is 11.9 Å². The number of anilines is 1. The number of hydrogen-bond acceptors (Lipinski definition) is 6. The molecule has 0 spiro atoms. The molecule has 2 amide bonds. The lowest BCUT2D eigenvalue weighted by molar-refractivity contribution is -0.136. The van der Waals surface area contributed by atoms with E-state index in [1.165, 1.54) is 32.5 Å². The highest BCUT2D eigenvalue weighted by molar-refractivity contribution is 6.06. The van der Waals surface area contributed by atoms with Crippen LogP contribution >= 0.6 is 0 Å². The molecule has 1 unspecified atom stereocenters. The number of nitrogens with zero attached hydrogens (tertiary/aromatic N) is 2. The van der Waals surface area contributed by atoms with Gasteiger partial charge in [0.05, 0.1) is 19.1 Å². The van der Waals surface area contributed by atoms with Crippen LogP contribution in [0.5, 0.6) is 0 Å². The molecule has 1 aromatic heterocycles. The van der Waals surface area contributed by atoms with Crippen LogP contribution in [0.15, 0.2) is 18.3 Å². The number of rotatable bonds is 3. The third kappa shape index (κ3) is 2.54. The second-order valence-electron chi connectivity index (χ2n) is 4.11. The molecule has 1 saturated heterocycles. The van der Waals surface area contributed by atoms with E-state index in [0.717, 1.165) is 4.90 Å². The molecule has 1 aromatic rings. The standard InChI is InChI=1S/C12H13N3O4/c1-15-10(16)6-8(11(15)17)14-9-5-7(3-4-13-9)12(18)19-2/h3-5,8H,6H2,1-2H3,(H,13,14). The largest absolute Gasteiger partial charge is 0.465 e. The van der Waals surface area contributed by atoms with Crippen molar-refractivity contribution < 1.29 is 19.1 Å². The number of likely N-dealkylation sites (N-methyl/N-ethyl adjacent to an activating group) is 1.